The highest BCUT2D eigenvalue weighted by atomic mass is 16.6. The first kappa shape index (κ1) is 24.3. The Kier molecular flexibility index (Phi) is 9.95. The second-order valence-corrected chi connectivity index (χ2v) is 7.49. The van der Waals surface area contributed by atoms with Gasteiger partial charge in [0.2, 0.25) is 0 Å². The number of ether oxygens (including phenoxy) is 3. The summed E-state index contributed by atoms with van der Waals surface area (Å²) < 4.78 is 17.8. The molecule has 0 aromatic heterocycles. The highest BCUT2D eigenvalue weighted by Crippen LogP contribution is 2.29. The molecule has 0 aliphatic carbocycles. The van der Waals surface area contributed by atoms with Crippen LogP contribution in [0.15, 0.2) is 41.6 Å². The van der Waals surface area contributed by atoms with E-state index in [-0.39, 0.29) is 0 Å². The second-order valence-electron chi connectivity index (χ2n) is 7.49. The van der Waals surface area contributed by atoms with Crippen LogP contribution in [0.1, 0.15) is 47.6 Å². The third-order valence-electron chi connectivity index (χ3n) is 5.13. The van der Waals surface area contributed by atoms with Gasteiger partial charge in [0.25, 0.3) is 0 Å². The van der Waals surface area contributed by atoms with Gasteiger partial charge in [-0.15, -0.1) is 0 Å². The number of unbranched alkanes of at least 4 members (excludes halogenated alkanes) is 1. The zero-order chi connectivity index (χ0) is 22.6. The molecule has 168 valence electrons. The second kappa shape index (κ2) is 12.7. The molecular formula is C26H35NO4. The minimum atomic E-state index is 0.581. The van der Waals surface area contributed by atoms with Gasteiger partial charge in [-0.2, -0.15) is 0 Å². The van der Waals surface area contributed by atoms with Crippen LogP contribution in [0.4, 0.5) is 0 Å². The maximum atomic E-state index is 6.05. The minimum absolute atomic E-state index is 0.581. The van der Waals surface area contributed by atoms with Gasteiger partial charge in [0.1, 0.15) is 31.0 Å². The summed E-state index contributed by atoms with van der Waals surface area (Å²) in [5.41, 5.74) is 5.49. The van der Waals surface area contributed by atoms with Crippen LogP contribution < -0.4 is 14.2 Å². The summed E-state index contributed by atoms with van der Waals surface area (Å²) in [7, 11) is 1.54. The summed E-state index contributed by atoms with van der Waals surface area (Å²) in [6.45, 7) is 12.1. The van der Waals surface area contributed by atoms with Crippen molar-refractivity contribution in [3.8, 4) is 17.2 Å². The third kappa shape index (κ3) is 7.35. The topological polar surface area (TPSA) is 49.3 Å². The number of oxime groups is 1. The maximum Gasteiger partial charge on any atom is 0.125 e. The Balaban J connectivity index is 1.79. The highest BCUT2D eigenvalue weighted by molar-refractivity contribution is 5.82. The number of aryl methyl sites for hydroxylation is 2. The summed E-state index contributed by atoms with van der Waals surface area (Å²) in [5, 5.41) is 3.84. The van der Waals surface area contributed by atoms with Crippen molar-refractivity contribution in [2.75, 3.05) is 26.9 Å². The smallest absolute Gasteiger partial charge is 0.125 e. The fourth-order valence-corrected chi connectivity index (χ4v) is 3.25. The molecule has 0 saturated carbocycles. The van der Waals surface area contributed by atoms with Crippen LogP contribution in [0, 0.1) is 27.7 Å². The molecule has 0 bridgehead atoms. The van der Waals surface area contributed by atoms with Crippen molar-refractivity contribution < 1.29 is 19.0 Å². The molecular weight excluding hydrogens is 390 g/mol. The fraction of sp³-hybridized carbons (Fsp3) is 0.423. The predicted molar refractivity (Wildman–Crippen MR) is 127 cm³/mol. The van der Waals surface area contributed by atoms with Crippen LogP contribution in [0.3, 0.4) is 0 Å². The SMILES string of the molecule is C/C=C/COc1cc(C)c(OCCCCOc2ccc(/C=N/OC)c(C)c2C)c(C)c1. The number of hydrogen-bond acceptors (Lipinski definition) is 5. The maximum absolute atomic E-state index is 6.05. The molecule has 31 heavy (non-hydrogen) atoms. The van der Waals surface area contributed by atoms with Crippen molar-refractivity contribution in [1.82, 2.24) is 0 Å². The number of rotatable bonds is 12. The van der Waals surface area contributed by atoms with E-state index < -0.39 is 0 Å². The van der Waals surface area contributed by atoms with Gasteiger partial charge in [0.15, 0.2) is 0 Å². The quantitative estimate of drug-likeness (QED) is 0.179. The summed E-state index contributed by atoms with van der Waals surface area (Å²) in [5.74, 6) is 2.73. The van der Waals surface area contributed by atoms with Crippen molar-refractivity contribution in [1.29, 1.82) is 0 Å². The highest BCUT2D eigenvalue weighted by Gasteiger charge is 2.08. The lowest BCUT2D eigenvalue weighted by Crippen LogP contribution is -2.05. The first-order valence-electron chi connectivity index (χ1n) is 10.8. The lowest BCUT2D eigenvalue weighted by molar-refractivity contribution is 0.215. The zero-order valence-corrected chi connectivity index (χ0v) is 19.7. The Hall–Kier alpha value is -2.95. The van der Waals surface area contributed by atoms with E-state index in [4.69, 9.17) is 19.0 Å². The van der Waals surface area contributed by atoms with E-state index in [0.717, 1.165) is 57.9 Å². The van der Waals surface area contributed by atoms with Gasteiger partial charge in [-0.1, -0.05) is 17.3 Å². The molecule has 0 saturated heterocycles. The van der Waals surface area contributed by atoms with Crippen molar-refractivity contribution in [2.24, 2.45) is 5.16 Å². The molecule has 0 heterocycles. The number of benzene rings is 2. The van der Waals surface area contributed by atoms with Gasteiger partial charge in [-0.3, -0.25) is 0 Å². The summed E-state index contributed by atoms with van der Waals surface area (Å²) >= 11 is 0. The van der Waals surface area contributed by atoms with Gasteiger partial charge >= 0.3 is 0 Å². The summed E-state index contributed by atoms with van der Waals surface area (Å²) in [6, 6.07) is 8.05. The lowest BCUT2D eigenvalue weighted by atomic mass is 10.0. The molecule has 0 spiro atoms. The van der Waals surface area contributed by atoms with Crippen LogP contribution in [-0.2, 0) is 4.84 Å². The number of allylic oxidation sites excluding steroid dienone is 1. The van der Waals surface area contributed by atoms with Crippen molar-refractivity contribution >= 4 is 6.21 Å². The Labute approximate surface area is 186 Å². The van der Waals surface area contributed by atoms with Crippen LogP contribution in [-0.4, -0.2) is 33.1 Å². The molecule has 2 aromatic carbocycles. The predicted octanol–water partition coefficient (Wildman–Crippen LogP) is 6.09. The molecule has 0 aliphatic heterocycles. The molecule has 2 aromatic rings. The molecule has 2 rings (SSSR count). The molecule has 5 heteroatoms. The molecule has 0 aliphatic rings. The molecule has 0 atom stereocenters. The molecule has 0 fully saturated rings. The van der Waals surface area contributed by atoms with Crippen LogP contribution in [0.2, 0.25) is 0 Å². The molecule has 0 N–H and O–H groups in total. The lowest BCUT2D eigenvalue weighted by Gasteiger charge is -2.15. The van der Waals surface area contributed by atoms with Crippen LogP contribution in [0.25, 0.3) is 0 Å². The largest absolute Gasteiger partial charge is 0.493 e. The van der Waals surface area contributed by atoms with E-state index in [1.165, 1.54) is 0 Å². The number of hydrogen-bond donors (Lipinski definition) is 0. The zero-order valence-electron chi connectivity index (χ0n) is 19.7. The van der Waals surface area contributed by atoms with E-state index in [2.05, 4.69) is 32.9 Å². The number of nitrogens with zero attached hydrogens (tertiary/aromatic N) is 1. The van der Waals surface area contributed by atoms with E-state index in [1.54, 1.807) is 13.3 Å². The Morgan fingerprint density at radius 3 is 2.19 bits per heavy atom. The first-order valence-corrected chi connectivity index (χ1v) is 10.8. The van der Waals surface area contributed by atoms with Crippen molar-refractivity contribution in [2.45, 2.75) is 47.5 Å². The molecule has 0 unspecified atom stereocenters. The van der Waals surface area contributed by atoms with Gasteiger partial charge in [-0.25, -0.2) is 0 Å². The standard InChI is InChI=1S/C26H35NO4/c1-7-8-13-29-24-16-19(2)26(20(3)17-24)31-15-10-9-14-30-25-12-11-23(18-27-28-6)21(4)22(25)5/h7-8,11-12,16-18H,9-10,13-15H2,1-6H3/b8-7+,27-18+. The molecule has 0 amide bonds. The van der Waals surface area contributed by atoms with Crippen molar-refractivity contribution in [3.05, 3.63) is 64.2 Å². The van der Waals surface area contributed by atoms with E-state index in [0.29, 0.717) is 19.8 Å². The van der Waals surface area contributed by atoms with Gasteiger partial charge in [0, 0.05) is 0 Å². The first-order chi connectivity index (χ1) is 15.0. The molecule has 5 nitrogen and oxygen atoms in total. The average molecular weight is 426 g/mol. The monoisotopic (exact) mass is 425 g/mol. The fourth-order valence-electron chi connectivity index (χ4n) is 3.25. The van der Waals surface area contributed by atoms with Gasteiger partial charge < -0.3 is 19.0 Å². The summed E-state index contributed by atoms with van der Waals surface area (Å²) in [4.78, 5) is 4.76. The summed E-state index contributed by atoms with van der Waals surface area (Å²) in [6.07, 6.45) is 7.54. The Morgan fingerprint density at radius 2 is 1.55 bits per heavy atom. The average Bonchev–Trinajstić information content (AvgIpc) is 2.74. The van der Waals surface area contributed by atoms with Crippen LogP contribution >= 0.6 is 0 Å². The van der Waals surface area contributed by atoms with Crippen molar-refractivity contribution in [3.63, 3.8) is 0 Å². The third-order valence-corrected chi connectivity index (χ3v) is 5.13. The molecule has 0 radical (unpaired) electrons. The minimum Gasteiger partial charge on any atom is -0.493 e. The Morgan fingerprint density at radius 1 is 0.871 bits per heavy atom. The van der Waals surface area contributed by atoms with E-state index >= 15 is 0 Å². The van der Waals surface area contributed by atoms with E-state index in [9.17, 15) is 0 Å². The van der Waals surface area contributed by atoms with Gasteiger partial charge in [0.05, 0.1) is 19.4 Å². The normalized spacial score (nSPS) is 11.3. The van der Waals surface area contributed by atoms with Gasteiger partial charge in [-0.05, 0) is 99.5 Å². The Bertz CT molecular complexity index is 880. The van der Waals surface area contributed by atoms with E-state index in [1.807, 2.05) is 43.3 Å². The van der Waals surface area contributed by atoms with Crippen LogP contribution in [0.5, 0.6) is 17.2 Å².